The second kappa shape index (κ2) is 20.9. The van der Waals surface area contributed by atoms with Crippen LogP contribution in [0.5, 0.6) is 0 Å². The van der Waals surface area contributed by atoms with Gasteiger partial charge in [0.25, 0.3) is 0 Å². The Morgan fingerprint density at radius 3 is 1.20 bits per heavy atom. The Kier molecular flexibility index (Phi) is 70.9. The summed E-state index contributed by atoms with van der Waals surface area (Å²) in [4.78, 5) is 0. The maximum Gasteiger partial charge on any atom is 0.0209 e. The number of rotatable bonds is 0. The van der Waals surface area contributed by atoms with E-state index in [0.717, 1.165) is 0 Å². The fourth-order valence-corrected chi connectivity index (χ4v) is 0. The molecule has 0 aliphatic heterocycles. The van der Waals surface area contributed by atoms with Gasteiger partial charge in [0.05, 0.1) is 0 Å². The first kappa shape index (κ1) is 16.9. The molecule has 0 heterocycles. The van der Waals surface area contributed by atoms with Gasteiger partial charge in [-0.05, 0) is 9.05 Å². The molecule has 0 rings (SSSR count). The van der Waals surface area contributed by atoms with Gasteiger partial charge in [0.15, 0.2) is 0 Å². The Bertz CT molecular complexity index is 9.61. The van der Waals surface area contributed by atoms with E-state index in [1.54, 1.807) is 0 Å². The Morgan fingerprint density at radius 2 is 1.20 bits per heavy atom. The summed E-state index contributed by atoms with van der Waals surface area (Å²) < 4.78 is 18.2. The van der Waals surface area contributed by atoms with Crippen molar-refractivity contribution in [3.63, 3.8) is 0 Å². The molecular formula is F2FeMnO. The van der Waals surface area contributed by atoms with Gasteiger partial charge in [0, 0.05) is 39.3 Å². The van der Waals surface area contributed by atoms with E-state index in [1.807, 2.05) is 0 Å². The van der Waals surface area contributed by atoms with Crippen LogP contribution in [-0.4, -0.2) is 0 Å². The Morgan fingerprint density at radius 1 is 1.20 bits per heavy atom. The van der Waals surface area contributed by atoms with E-state index < -0.39 is 0 Å². The van der Waals surface area contributed by atoms with Crippen molar-refractivity contribution in [2.45, 2.75) is 0 Å². The summed E-state index contributed by atoms with van der Waals surface area (Å²) in [6, 6.07) is 0. The molecule has 0 aliphatic rings. The fourth-order valence-electron chi connectivity index (χ4n) is 0. The molecule has 0 saturated heterocycles. The molecule has 0 saturated carbocycles. The Hall–Kier alpha value is 0.859. The van der Waals surface area contributed by atoms with Gasteiger partial charge in [-0.25, -0.2) is 0 Å². The molecule has 0 aliphatic carbocycles. The average molecular weight is 165 g/mol. The van der Waals surface area contributed by atoms with Gasteiger partial charge in [0.2, 0.25) is 0 Å². The molecule has 0 bridgehead atoms. The van der Waals surface area contributed by atoms with Crippen LogP contribution in [0.15, 0.2) is 0 Å². The minimum atomic E-state index is 0. The fraction of sp³-hybridized carbons (Fsp3) is 0. The Labute approximate surface area is 48.8 Å². The van der Waals surface area contributed by atoms with Gasteiger partial charge >= 0.3 is 0 Å². The van der Waals surface area contributed by atoms with Crippen LogP contribution in [-0.2, 0) is 39.3 Å². The average Bonchev–Trinajstić information content (AvgIpc) is 0.918. The van der Waals surface area contributed by atoms with E-state index in [0.29, 0.717) is 0 Å². The first-order chi connectivity index (χ1) is 1.41. The second-order valence-corrected chi connectivity index (χ2v) is 0.0583. The summed E-state index contributed by atoms with van der Waals surface area (Å²) in [7, 11) is 0. The number of halogens is 2. The predicted octanol–water partition coefficient (Wildman–Crippen LogP) is 0.767. The molecule has 1 nitrogen and oxygen atoms in total. The summed E-state index contributed by atoms with van der Waals surface area (Å²) in [5.41, 5.74) is 0. The molecule has 5 heavy (non-hydrogen) atoms. The van der Waals surface area contributed by atoms with Gasteiger partial charge in [0.1, 0.15) is 0 Å². The molecule has 0 spiro atoms. The predicted molar refractivity (Wildman–Crippen MR) is 3.30 cm³/mol. The van der Waals surface area contributed by atoms with E-state index in [1.165, 1.54) is 5.15 Å². The number of hydrogen-bond donors (Lipinski definition) is 0. The van der Waals surface area contributed by atoms with E-state index in [2.05, 4.69) is 0 Å². The SMILES string of the molecule is FOF.[Fe].[Mn]. The molecular weight excluding hydrogens is 165 g/mol. The van der Waals surface area contributed by atoms with Gasteiger partial charge < -0.3 is 0 Å². The molecule has 35 valence electrons. The van der Waals surface area contributed by atoms with Crippen LogP contribution in [0, 0.1) is 0 Å². The first-order valence-corrected chi connectivity index (χ1v) is 0.309. The third kappa shape index (κ3) is 53.8. The molecule has 0 aromatic heterocycles. The van der Waals surface area contributed by atoms with Crippen LogP contribution >= 0.6 is 0 Å². The van der Waals surface area contributed by atoms with Crippen molar-refractivity contribution in [1.29, 1.82) is 0 Å². The van der Waals surface area contributed by atoms with Crippen LogP contribution in [0.25, 0.3) is 0 Å². The second-order valence-electron chi connectivity index (χ2n) is 0.0583. The minimum absolute atomic E-state index is 0. The topological polar surface area (TPSA) is 9.23 Å². The normalized spacial score (nSPS) is 3.60. The molecule has 0 amide bonds. The van der Waals surface area contributed by atoms with Crippen molar-refractivity contribution in [2.75, 3.05) is 0 Å². The monoisotopic (exact) mass is 165 g/mol. The van der Waals surface area contributed by atoms with Gasteiger partial charge in [-0.1, -0.05) is 0 Å². The van der Waals surface area contributed by atoms with E-state index in [4.69, 9.17) is 9.05 Å². The maximum absolute atomic E-state index is 9.12. The summed E-state index contributed by atoms with van der Waals surface area (Å²) in [5, 5.41) is 1.25. The van der Waals surface area contributed by atoms with Crippen LogP contribution in [0.2, 0.25) is 0 Å². The zero-order chi connectivity index (χ0) is 2.71. The van der Waals surface area contributed by atoms with Crippen molar-refractivity contribution in [2.24, 2.45) is 0 Å². The molecule has 1 radical (unpaired) electrons. The van der Waals surface area contributed by atoms with Crippen molar-refractivity contribution in [3.05, 3.63) is 0 Å². The zero-order valence-corrected chi connectivity index (χ0v) is 4.18. The van der Waals surface area contributed by atoms with Crippen molar-refractivity contribution >= 4 is 0 Å². The van der Waals surface area contributed by atoms with E-state index >= 15 is 0 Å². The summed E-state index contributed by atoms with van der Waals surface area (Å²) in [6.45, 7) is 0. The van der Waals surface area contributed by atoms with Crippen LogP contribution in [0.1, 0.15) is 0 Å². The summed E-state index contributed by atoms with van der Waals surface area (Å²) >= 11 is 0. The van der Waals surface area contributed by atoms with Crippen molar-refractivity contribution in [1.82, 2.24) is 0 Å². The number of hydrogen-bond acceptors (Lipinski definition) is 1. The molecule has 0 N–H and O–H groups in total. The molecule has 0 aromatic rings. The molecule has 0 unspecified atom stereocenters. The third-order valence-corrected chi connectivity index (χ3v) is 0. The van der Waals surface area contributed by atoms with Gasteiger partial charge in [-0.3, -0.25) is 0 Å². The van der Waals surface area contributed by atoms with Crippen molar-refractivity contribution < 1.29 is 48.3 Å². The molecule has 0 aromatic carbocycles. The van der Waals surface area contributed by atoms with Gasteiger partial charge in [-0.15, -0.1) is 0 Å². The van der Waals surface area contributed by atoms with Gasteiger partial charge in [-0.2, -0.15) is 0 Å². The maximum atomic E-state index is 9.12. The molecule has 0 atom stereocenters. The summed E-state index contributed by atoms with van der Waals surface area (Å²) in [6.07, 6.45) is 0. The van der Waals surface area contributed by atoms with Crippen molar-refractivity contribution in [3.8, 4) is 0 Å². The largest absolute Gasteiger partial charge is 0.0209 e. The van der Waals surface area contributed by atoms with Crippen LogP contribution in [0.4, 0.5) is 9.05 Å². The first-order valence-electron chi connectivity index (χ1n) is 0.309. The third-order valence-electron chi connectivity index (χ3n) is 0. The standard InChI is InChI=1S/F2O.Fe.Mn/c1-3-2;;. The summed E-state index contributed by atoms with van der Waals surface area (Å²) in [5.74, 6) is 0. The van der Waals surface area contributed by atoms with Crippen LogP contribution in [0.3, 0.4) is 0 Å². The minimum Gasteiger partial charge on any atom is -0.0104 e. The van der Waals surface area contributed by atoms with E-state index in [-0.39, 0.29) is 34.1 Å². The van der Waals surface area contributed by atoms with E-state index in [9.17, 15) is 0 Å². The molecule has 0 fully saturated rings. The molecule has 5 heteroatoms. The Balaban J connectivity index is -0.0000000200. The zero-order valence-electron chi connectivity index (χ0n) is 1.90. The van der Waals surface area contributed by atoms with Crippen LogP contribution < -0.4 is 0 Å². The quantitative estimate of drug-likeness (QED) is 0.481. The smallest absolute Gasteiger partial charge is 0.0104 e.